The summed E-state index contributed by atoms with van der Waals surface area (Å²) in [4.78, 5) is 31.2. The summed E-state index contributed by atoms with van der Waals surface area (Å²) in [6.45, 7) is 2.99. The Morgan fingerprint density at radius 1 is 1.18 bits per heavy atom. The average molecular weight is 375 g/mol. The van der Waals surface area contributed by atoms with E-state index in [2.05, 4.69) is 21.3 Å². The molecule has 1 N–H and O–H groups in total. The number of amides is 1. The molecule has 0 saturated heterocycles. The van der Waals surface area contributed by atoms with Crippen LogP contribution in [-0.2, 0) is 12.8 Å². The Bertz CT molecular complexity index is 1190. The number of fused-ring (bicyclic) bond motifs is 2. The van der Waals surface area contributed by atoms with E-state index < -0.39 is 0 Å². The van der Waals surface area contributed by atoms with Gasteiger partial charge in [-0.2, -0.15) is 10.1 Å². The molecule has 2 aliphatic rings. The molecule has 0 spiro atoms. The molecular weight excluding hydrogens is 354 g/mol. The molecule has 2 aromatic heterocycles. The lowest BCUT2D eigenvalue weighted by molar-refractivity contribution is 0.0765. The van der Waals surface area contributed by atoms with Gasteiger partial charge in [-0.15, -0.1) is 0 Å². The molecule has 0 saturated carbocycles. The van der Waals surface area contributed by atoms with Crippen LogP contribution in [0.2, 0.25) is 0 Å². The molecule has 1 aromatic carbocycles. The van der Waals surface area contributed by atoms with Crippen LogP contribution in [0.4, 0.5) is 0 Å². The highest BCUT2D eigenvalue weighted by Crippen LogP contribution is 2.26. The lowest BCUT2D eigenvalue weighted by atomic mass is 10.1. The number of carbonyl (C=O) groups is 1. The van der Waals surface area contributed by atoms with Gasteiger partial charge in [0.15, 0.2) is 5.69 Å². The van der Waals surface area contributed by atoms with Crippen molar-refractivity contribution in [1.82, 2.24) is 24.6 Å². The molecule has 0 bridgehead atoms. The van der Waals surface area contributed by atoms with Crippen molar-refractivity contribution in [2.45, 2.75) is 32.6 Å². The summed E-state index contributed by atoms with van der Waals surface area (Å²) in [6.07, 6.45) is 5.74. The molecule has 0 radical (unpaired) electrons. The maximum atomic E-state index is 12.9. The molecule has 3 aromatic rings. The molecule has 1 aliphatic heterocycles. The number of rotatable bonds is 2. The number of H-pyrrole nitrogens is 1. The first-order valence-electron chi connectivity index (χ1n) is 9.66. The number of aryl methyl sites for hydroxylation is 2. The van der Waals surface area contributed by atoms with E-state index in [-0.39, 0.29) is 11.5 Å². The van der Waals surface area contributed by atoms with E-state index in [0.29, 0.717) is 36.4 Å². The van der Waals surface area contributed by atoms with Gasteiger partial charge in [0.1, 0.15) is 5.82 Å². The van der Waals surface area contributed by atoms with Crippen LogP contribution in [0.3, 0.4) is 0 Å². The number of para-hydroxylation sites is 1. The molecule has 0 fully saturated rings. The Kier molecular flexibility index (Phi) is 3.89. The van der Waals surface area contributed by atoms with E-state index in [4.69, 9.17) is 0 Å². The van der Waals surface area contributed by atoms with Crippen molar-refractivity contribution in [3.8, 4) is 0 Å². The van der Waals surface area contributed by atoms with Gasteiger partial charge >= 0.3 is 0 Å². The Labute approximate surface area is 161 Å². The van der Waals surface area contributed by atoms with Crippen molar-refractivity contribution >= 4 is 22.5 Å². The SMILES string of the molecule is Cc1nc(=O)c2ccccc2n1C1=CCN(C(=O)c2n[nH]c3c2CCC3)CC1. The Hall–Kier alpha value is -3.22. The molecule has 0 atom stereocenters. The minimum atomic E-state index is -0.204. The van der Waals surface area contributed by atoms with E-state index in [0.717, 1.165) is 41.7 Å². The normalized spacial score (nSPS) is 16.3. The first-order chi connectivity index (χ1) is 13.6. The summed E-state index contributed by atoms with van der Waals surface area (Å²) in [5.74, 6) is 0.661. The van der Waals surface area contributed by atoms with Crippen molar-refractivity contribution in [1.29, 1.82) is 0 Å². The summed E-state index contributed by atoms with van der Waals surface area (Å²) in [7, 11) is 0. The number of aromatic nitrogens is 4. The highest BCUT2D eigenvalue weighted by atomic mass is 16.2. The zero-order chi connectivity index (χ0) is 19.3. The van der Waals surface area contributed by atoms with Crippen LogP contribution in [0.25, 0.3) is 16.6 Å². The van der Waals surface area contributed by atoms with Gasteiger partial charge in [-0.05, 0) is 44.4 Å². The molecule has 142 valence electrons. The zero-order valence-corrected chi connectivity index (χ0v) is 15.7. The van der Waals surface area contributed by atoms with Crippen molar-refractivity contribution in [2.75, 3.05) is 13.1 Å². The maximum absolute atomic E-state index is 12.9. The monoisotopic (exact) mass is 375 g/mol. The summed E-state index contributed by atoms with van der Waals surface area (Å²) in [5.41, 5.74) is 4.50. The topological polar surface area (TPSA) is 83.9 Å². The summed E-state index contributed by atoms with van der Waals surface area (Å²) < 4.78 is 2.03. The second-order valence-corrected chi connectivity index (χ2v) is 7.40. The van der Waals surface area contributed by atoms with E-state index in [1.54, 1.807) is 6.07 Å². The highest BCUT2D eigenvalue weighted by Gasteiger charge is 2.28. The second-order valence-electron chi connectivity index (χ2n) is 7.40. The van der Waals surface area contributed by atoms with Crippen molar-refractivity contribution in [2.24, 2.45) is 0 Å². The predicted molar refractivity (Wildman–Crippen MR) is 106 cm³/mol. The van der Waals surface area contributed by atoms with E-state index in [1.807, 2.05) is 34.6 Å². The fourth-order valence-electron chi connectivity index (χ4n) is 4.34. The Balaban J connectivity index is 1.46. The third-order valence-electron chi connectivity index (χ3n) is 5.73. The quantitative estimate of drug-likeness (QED) is 0.745. The number of nitrogens with one attached hydrogen (secondary N) is 1. The molecule has 0 unspecified atom stereocenters. The Morgan fingerprint density at radius 3 is 2.86 bits per heavy atom. The summed E-state index contributed by atoms with van der Waals surface area (Å²) in [6, 6.07) is 7.52. The number of hydrogen-bond acceptors (Lipinski definition) is 4. The lowest BCUT2D eigenvalue weighted by Crippen LogP contribution is -2.36. The number of aromatic amines is 1. The van der Waals surface area contributed by atoms with Gasteiger partial charge in [0.2, 0.25) is 0 Å². The van der Waals surface area contributed by atoms with Gasteiger partial charge in [-0.25, -0.2) is 0 Å². The lowest BCUT2D eigenvalue weighted by Gasteiger charge is -2.28. The highest BCUT2D eigenvalue weighted by molar-refractivity contribution is 5.94. The van der Waals surface area contributed by atoms with Crippen LogP contribution < -0.4 is 5.56 Å². The molecule has 1 aliphatic carbocycles. The van der Waals surface area contributed by atoms with Crippen molar-refractivity contribution in [3.63, 3.8) is 0 Å². The first kappa shape index (κ1) is 16.9. The standard InChI is InChI=1S/C21H21N5O2/c1-13-22-20(27)16-5-2-3-8-18(16)26(13)14-9-11-25(12-10-14)21(28)19-15-6-4-7-17(15)23-24-19/h2-3,5,8-9H,4,6-7,10-12H2,1H3,(H,23,24). The molecule has 7 heteroatoms. The molecule has 7 nitrogen and oxygen atoms in total. The van der Waals surface area contributed by atoms with Gasteiger partial charge in [0, 0.05) is 36.5 Å². The van der Waals surface area contributed by atoms with Gasteiger partial charge in [0.25, 0.3) is 11.5 Å². The van der Waals surface area contributed by atoms with Crippen LogP contribution >= 0.6 is 0 Å². The third kappa shape index (κ3) is 2.58. The fraction of sp³-hybridized carbons (Fsp3) is 0.333. The summed E-state index contributed by atoms with van der Waals surface area (Å²) in [5, 5.41) is 7.90. The molecule has 3 heterocycles. The Morgan fingerprint density at radius 2 is 2.04 bits per heavy atom. The minimum absolute atomic E-state index is 0.00527. The van der Waals surface area contributed by atoms with Gasteiger partial charge in [-0.3, -0.25) is 14.7 Å². The van der Waals surface area contributed by atoms with Crippen LogP contribution in [0.1, 0.15) is 40.4 Å². The molecular formula is C21H21N5O2. The predicted octanol–water partition coefficient (Wildman–Crippen LogP) is 2.30. The maximum Gasteiger partial charge on any atom is 0.280 e. The van der Waals surface area contributed by atoms with Gasteiger partial charge < -0.3 is 9.47 Å². The van der Waals surface area contributed by atoms with Gasteiger partial charge in [0.05, 0.1) is 10.9 Å². The van der Waals surface area contributed by atoms with Crippen molar-refractivity contribution < 1.29 is 4.79 Å². The molecule has 28 heavy (non-hydrogen) atoms. The molecule has 5 rings (SSSR count). The average Bonchev–Trinajstić information content (AvgIpc) is 3.32. The van der Waals surface area contributed by atoms with E-state index in [9.17, 15) is 9.59 Å². The van der Waals surface area contributed by atoms with Crippen LogP contribution in [-0.4, -0.2) is 43.6 Å². The fourth-order valence-corrected chi connectivity index (χ4v) is 4.34. The second kappa shape index (κ2) is 6.44. The van der Waals surface area contributed by atoms with Crippen molar-refractivity contribution in [3.05, 3.63) is 63.5 Å². The van der Waals surface area contributed by atoms with E-state index >= 15 is 0 Å². The van der Waals surface area contributed by atoms with Crippen LogP contribution in [0.15, 0.2) is 35.1 Å². The zero-order valence-electron chi connectivity index (χ0n) is 15.7. The molecule has 1 amide bonds. The smallest absolute Gasteiger partial charge is 0.280 e. The number of carbonyl (C=O) groups excluding carboxylic acids is 1. The van der Waals surface area contributed by atoms with E-state index in [1.165, 1.54) is 0 Å². The van der Waals surface area contributed by atoms with Gasteiger partial charge in [-0.1, -0.05) is 12.1 Å². The number of nitrogens with zero attached hydrogens (tertiary/aromatic N) is 4. The number of hydrogen-bond donors (Lipinski definition) is 1. The summed E-state index contributed by atoms with van der Waals surface area (Å²) >= 11 is 0. The third-order valence-corrected chi connectivity index (χ3v) is 5.73. The van der Waals surface area contributed by atoms with Crippen LogP contribution in [0, 0.1) is 6.92 Å². The minimum Gasteiger partial charge on any atom is -0.333 e. The van der Waals surface area contributed by atoms with Crippen LogP contribution in [0.5, 0.6) is 0 Å². The largest absolute Gasteiger partial charge is 0.333 e. The number of benzene rings is 1. The first-order valence-corrected chi connectivity index (χ1v) is 9.66.